The second-order valence-corrected chi connectivity index (χ2v) is 8.08. The summed E-state index contributed by atoms with van der Waals surface area (Å²) < 4.78 is 1.19. The summed E-state index contributed by atoms with van der Waals surface area (Å²) in [4.78, 5) is 19.4. The summed E-state index contributed by atoms with van der Waals surface area (Å²) in [5.74, 6) is 0.844. The summed E-state index contributed by atoms with van der Waals surface area (Å²) in [6.45, 7) is 2.27. The van der Waals surface area contributed by atoms with Crippen molar-refractivity contribution in [2.45, 2.75) is 32.2 Å². The Balaban J connectivity index is 1.54. The van der Waals surface area contributed by atoms with E-state index >= 15 is 0 Å². The molecule has 4 heteroatoms. The van der Waals surface area contributed by atoms with Crippen LogP contribution in [0.25, 0.3) is 20.8 Å². The van der Waals surface area contributed by atoms with Crippen LogP contribution in [-0.2, 0) is 0 Å². The highest BCUT2D eigenvalue weighted by Crippen LogP contribution is 2.31. The zero-order valence-corrected chi connectivity index (χ0v) is 15.4. The predicted molar refractivity (Wildman–Crippen MR) is 104 cm³/mol. The minimum atomic E-state index is 0.120. The molecule has 1 aliphatic carbocycles. The third-order valence-corrected chi connectivity index (χ3v) is 6.29. The molecular weight excluding hydrogens is 328 g/mol. The van der Waals surface area contributed by atoms with Gasteiger partial charge in [-0.05, 0) is 49.4 Å². The Labute approximate surface area is 152 Å². The molecular formula is C21H22N2OS. The molecule has 0 radical (unpaired) electrons. The Morgan fingerprint density at radius 3 is 2.56 bits per heavy atom. The average Bonchev–Trinajstić information content (AvgIpc) is 3.26. The number of fused-ring (bicyclic) bond motifs is 1. The van der Waals surface area contributed by atoms with Gasteiger partial charge in [-0.15, -0.1) is 11.3 Å². The summed E-state index contributed by atoms with van der Waals surface area (Å²) in [5, 5.41) is 0.998. The number of para-hydroxylation sites is 1. The fourth-order valence-corrected chi connectivity index (χ4v) is 4.62. The van der Waals surface area contributed by atoms with Gasteiger partial charge in [0.15, 0.2) is 0 Å². The number of carbonyl (C=O) groups is 1. The second-order valence-electron chi connectivity index (χ2n) is 7.05. The largest absolute Gasteiger partial charge is 0.339 e. The van der Waals surface area contributed by atoms with Gasteiger partial charge in [0.25, 0.3) is 5.91 Å². The number of hydrogen-bond donors (Lipinski definition) is 0. The van der Waals surface area contributed by atoms with Crippen molar-refractivity contribution in [3.8, 4) is 10.6 Å². The molecule has 0 bridgehead atoms. The van der Waals surface area contributed by atoms with Gasteiger partial charge in [0.2, 0.25) is 0 Å². The first-order chi connectivity index (χ1) is 12.1. The molecule has 1 saturated carbocycles. The van der Waals surface area contributed by atoms with Crippen LogP contribution in [0, 0.1) is 5.92 Å². The minimum Gasteiger partial charge on any atom is -0.339 e. The lowest BCUT2D eigenvalue weighted by Gasteiger charge is -2.24. The van der Waals surface area contributed by atoms with E-state index in [2.05, 4.69) is 18.0 Å². The summed E-state index contributed by atoms with van der Waals surface area (Å²) in [5.41, 5.74) is 2.85. The molecule has 2 atom stereocenters. The van der Waals surface area contributed by atoms with Gasteiger partial charge in [-0.25, -0.2) is 4.98 Å². The first kappa shape index (κ1) is 16.3. The molecule has 128 valence electrons. The first-order valence-electron chi connectivity index (χ1n) is 8.85. The zero-order valence-electron chi connectivity index (χ0n) is 14.6. The summed E-state index contributed by atoms with van der Waals surface area (Å²) in [6.07, 6.45) is 3.46. The number of aromatic nitrogens is 1. The normalized spacial score (nSPS) is 20.1. The van der Waals surface area contributed by atoms with Crippen LogP contribution < -0.4 is 0 Å². The molecule has 0 unspecified atom stereocenters. The van der Waals surface area contributed by atoms with Crippen molar-refractivity contribution >= 4 is 27.5 Å². The van der Waals surface area contributed by atoms with Crippen molar-refractivity contribution in [1.29, 1.82) is 0 Å². The minimum absolute atomic E-state index is 0.120. The molecule has 1 aliphatic rings. The third kappa shape index (κ3) is 3.19. The van der Waals surface area contributed by atoms with E-state index in [1.807, 2.05) is 54.4 Å². The van der Waals surface area contributed by atoms with Gasteiger partial charge in [0, 0.05) is 24.2 Å². The Morgan fingerprint density at radius 2 is 1.88 bits per heavy atom. The second kappa shape index (κ2) is 6.60. The average molecular weight is 350 g/mol. The highest BCUT2D eigenvalue weighted by atomic mass is 32.1. The van der Waals surface area contributed by atoms with E-state index in [0.29, 0.717) is 6.04 Å². The lowest BCUT2D eigenvalue weighted by Crippen LogP contribution is -2.35. The Hall–Kier alpha value is -2.20. The van der Waals surface area contributed by atoms with E-state index in [9.17, 15) is 4.79 Å². The molecule has 0 spiro atoms. The monoisotopic (exact) mass is 350 g/mol. The number of carbonyl (C=O) groups excluding carboxylic acids is 1. The van der Waals surface area contributed by atoms with E-state index in [1.54, 1.807) is 11.3 Å². The van der Waals surface area contributed by atoms with Gasteiger partial charge in [0.1, 0.15) is 5.01 Å². The van der Waals surface area contributed by atoms with E-state index in [0.717, 1.165) is 40.4 Å². The van der Waals surface area contributed by atoms with Gasteiger partial charge in [-0.2, -0.15) is 0 Å². The van der Waals surface area contributed by atoms with E-state index in [-0.39, 0.29) is 5.91 Å². The first-order valence-corrected chi connectivity index (χ1v) is 9.66. The fraction of sp³-hybridized carbons (Fsp3) is 0.333. The van der Waals surface area contributed by atoms with Crippen LogP contribution in [-0.4, -0.2) is 28.9 Å². The van der Waals surface area contributed by atoms with E-state index in [1.165, 1.54) is 11.1 Å². The molecule has 1 amide bonds. The summed E-state index contributed by atoms with van der Waals surface area (Å²) >= 11 is 1.69. The molecule has 4 rings (SSSR count). The van der Waals surface area contributed by atoms with Crippen LogP contribution in [0.5, 0.6) is 0 Å². The highest BCUT2D eigenvalue weighted by molar-refractivity contribution is 7.21. The van der Waals surface area contributed by atoms with Crippen molar-refractivity contribution in [1.82, 2.24) is 9.88 Å². The van der Waals surface area contributed by atoms with Crippen LogP contribution in [0.15, 0.2) is 48.5 Å². The van der Waals surface area contributed by atoms with Crippen molar-refractivity contribution in [3.05, 3.63) is 54.1 Å². The molecule has 1 heterocycles. The van der Waals surface area contributed by atoms with E-state index < -0.39 is 0 Å². The van der Waals surface area contributed by atoms with Crippen molar-refractivity contribution in [2.24, 2.45) is 5.92 Å². The maximum atomic E-state index is 12.7. The number of nitrogens with zero attached hydrogens (tertiary/aromatic N) is 2. The van der Waals surface area contributed by atoms with Crippen molar-refractivity contribution in [3.63, 3.8) is 0 Å². The molecule has 0 N–H and O–H groups in total. The van der Waals surface area contributed by atoms with Crippen LogP contribution >= 0.6 is 11.3 Å². The third-order valence-electron chi connectivity index (χ3n) is 5.21. The lowest BCUT2D eigenvalue weighted by molar-refractivity contribution is 0.0733. The molecule has 1 fully saturated rings. The summed E-state index contributed by atoms with van der Waals surface area (Å²) in [7, 11) is 1.94. The lowest BCUT2D eigenvalue weighted by atomic mass is 10.1. The van der Waals surface area contributed by atoms with Crippen molar-refractivity contribution < 1.29 is 4.79 Å². The van der Waals surface area contributed by atoms with Gasteiger partial charge in [-0.1, -0.05) is 31.2 Å². The maximum Gasteiger partial charge on any atom is 0.253 e. The Morgan fingerprint density at radius 1 is 1.12 bits per heavy atom. The van der Waals surface area contributed by atoms with E-state index in [4.69, 9.17) is 0 Å². The van der Waals surface area contributed by atoms with Gasteiger partial charge < -0.3 is 4.90 Å². The molecule has 0 aliphatic heterocycles. The standard InChI is InChI=1S/C21H22N2OS/c1-14-7-12-17(13-14)23(2)21(24)16-10-8-15(9-11-16)20-22-18-5-3-4-6-19(18)25-20/h3-6,8-11,14,17H,7,12-13H2,1-2H3/t14-,17+/m0/s1. The number of benzene rings is 2. The van der Waals surface area contributed by atoms with Crippen LogP contribution in [0.1, 0.15) is 36.5 Å². The molecule has 0 saturated heterocycles. The van der Waals surface area contributed by atoms with Crippen LogP contribution in [0.3, 0.4) is 0 Å². The SMILES string of the molecule is C[C@H]1CC[C@@H](N(C)C(=O)c2ccc(-c3nc4ccccc4s3)cc2)C1. The van der Waals surface area contributed by atoms with Crippen LogP contribution in [0.2, 0.25) is 0 Å². The van der Waals surface area contributed by atoms with Gasteiger partial charge >= 0.3 is 0 Å². The van der Waals surface area contributed by atoms with Crippen LogP contribution in [0.4, 0.5) is 0 Å². The fourth-order valence-electron chi connectivity index (χ4n) is 3.65. The van der Waals surface area contributed by atoms with Gasteiger partial charge in [-0.3, -0.25) is 4.79 Å². The highest BCUT2D eigenvalue weighted by Gasteiger charge is 2.28. The number of hydrogen-bond acceptors (Lipinski definition) is 3. The topological polar surface area (TPSA) is 33.2 Å². The number of thiazole rings is 1. The molecule has 3 nitrogen and oxygen atoms in total. The molecule has 2 aromatic carbocycles. The summed E-state index contributed by atoms with van der Waals surface area (Å²) in [6, 6.07) is 16.4. The molecule has 1 aromatic heterocycles. The number of rotatable bonds is 3. The molecule has 3 aromatic rings. The maximum absolute atomic E-state index is 12.7. The quantitative estimate of drug-likeness (QED) is 0.648. The Kier molecular flexibility index (Phi) is 4.30. The smallest absolute Gasteiger partial charge is 0.253 e. The van der Waals surface area contributed by atoms with Crippen molar-refractivity contribution in [2.75, 3.05) is 7.05 Å². The zero-order chi connectivity index (χ0) is 17.4. The predicted octanol–water partition coefficient (Wildman–Crippen LogP) is 5.22. The van der Waals surface area contributed by atoms with Gasteiger partial charge in [0.05, 0.1) is 10.2 Å². The Bertz CT molecular complexity index is 867. The number of amides is 1. The molecule has 25 heavy (non-hydrogen) atoms.